The molecule has 2 aromatic heterocycles. The predicted molar refractivity (Wildman–Crippen MR) is 104 cm³/mol. The molecule has 0 radical (unpaired) electrons. The van der Waals surface area contributed by atoms with Crippen molar-refractivity contribution in [3.8, 4) is 0 Å². The Bertz CT molecular complexity index is 1030. The highest BCUT2D eigenvalue weighted by Gasteiger charge is 2.25. The van der Waals surface area contributed by atoms with Gasteiger partial charge in [-0.3, -0.25) is 14.0 Å². The molecule has 27 heavy (non-hydrogen) atoms. The van der Waals surface area contributed by atoms with E-state index < -0.39 is 0 Å². The number of fused-ring (bicyclic) bond motifs is 2. The summed E-state index contributed by atoms with van der Waals surface area (Å²) in [7, 11) is 1.83. The second kappa shape index (κ2) is 7.15. The van der Waals surface area contributed by atoms with Crippen LogP contribution in [0.3, 0.4) is 0 Å². The van der Waals surface area contributed by atoms with Crippen LogP contribution in [-0.2, 0) is 22.4 Å². The van der Waals surface area contributed by atoms with Crippen molar-refractivity contribution in [1.82, 2.24) is 14.4 Å². The molecule has 6 heteroatoms. The molecule has 0 fully saturated rings. The smallest absolute Gasteiger partial charge is 0.233 e. The normalized spacial score (nSPS) is 13.4. The van der Waals surface area contributed by atoms with Crippen molar-refractivity contribution in [2.45, 2.75) is 25.7 Å². The Morgan fingerprint density at radius 3 is 3.00 bits per heavy atom. The Labute approximate surface area is 157 Å². The number of imidazole rings is 1. The fourth-order valence-electron chi connectivity index (χ4n) is 3.46. The fourth-order valence-corrected chi connectivity index (χ4v) is 3.46. The first-order valence-electron chi connectivity index (χ1n) is 9.02. The Kier molecular flexibility index (Phi) is 4.54. The lowest BCUT2D eigenvalue weighted by atomic mass is 9.87. The largest absolute Gasteiger partial charge is 0.388 e. The maximum Gasteiger partial charge on any atom is 0.233 e. The molecule has 0 aliphatic heterocycles. The summed E-state index contributed by atoms with van der Waals surface area (Å²) in [6, 6.07) is 7.66. The van der Waals surface area contributed by atoms with Gasteiger partial charge in [0.15, 0.2) is 11.6 Å². The molecule has 1 aromatic carbocycles. The predicted octanol–water partition coefficient (Wildman–Crippen LogP) is 2.87. The van der Waals surface area contributed by atoms with Crippen LogP contribution >= 0.6 is 0 Å². The number of ketones is 2. The number of hydrogen-bond donors (Lipinski definition) is 1. The van der Waals surface area contributed by atoms with Crippen LogP contribution in [-0.4, -0.2) is 33.0 Å². The van der Waals surface area contributed by atoms with Crippen LogP contribution in [0.2, 0.25) is 0 Å². The quantitative estimate of drug-likeness (QED) is 0.684. The Morgan fingerprint density at radius 1 is 1.30 bits per heavy atom. The molecule has 136 valence electrons. The number of carbonyl (C=O) groups is 2. The monoisotopic (exact) mass is 360 g/mol. The fraction of sp³-hybridized carbons (Fsp3) is 0.238. The molecule has 1 aliphatic carbocycles. The van der Waals surface area contributed by atoms with Crippen molar-refractivity contribution >= 4 is 29.1 Å². The second-order valence-corrected chi connectivity index (χ2v) is 6.62. The first-order valence-corrected chi connectivity index (χ1v) is 9.02. The summed E-state index contributed by atoms with van der Waals surface area (Å²) in [5.41, 5.74) is 4.04. The summed E-state index contributed by atoms with van der Waals surface area (Å²) in [4.78, 5) is 33.7. The average Bonchev–Trinajstić information content (AvgIpc) is 3.09. The summed E-state index contributed by atoms with van der Waals surface area (Å²) < 4.78 is 1.86. The van der Waals surface area contributed by atoms with Gasteiger partial charge in [-0.2, -0.15) is 0 Å². The molecule has 0 saturated carbocycles. The number of Topliss-reactive ketones (excluding diaryl/α,β-unsaturated/α-hetero) is 2. The summed E-state index contributed by atoms with van der Waals surface area (Å²) in [5, 5.41) is 3.10. The van der Waals surface area contributed by atoms with E-state index in [4.69, 9.17) is 0 Å². The number of aryl methyl sites for hydroxylation is 1. The second-order valence-electron chi connectivity index (χ2n) is 6.62. The number of benzene rings is 1. The van der Waals surface area contributed by atoms with Crippen LogP contribution in [0.1, 0.15) is 29.7 Å². The van der Waals surface area contributed by atoms with Gasteiger partial charge >= 0.3 is 0 Å². The van der Waals surface area contributed by atoms with Gasteiger partial charge in [0.2, 0.25) is 5.78 Å². The van der Waals surface area contributed by atoms with Crippen LogP contribution in [0.25, 0.3) is 11.9 Å². The van der Waals surface area contributed by atoms with Crippen molar-refractivity contribution < 1.29 is 9.59 Å². The van der Waals surface area contributed by atoms with E-state index in [0.29, 0.717) is 30.6 Å². The molecule has 0 atom stereocenters. The van der Waals surface area contributed by atoms with Crippen molar-refractivity contribution in [1.29, 1.82) is 0 Å². The SMILES string of the molecule is CNc1cccc2c1CC(=O)C(C(=O)CCCc1cn3cccnc3n1)=C2. The molecule has 4 rings (SSSR count). The maximum absolute atomic E-state index is 12.6. The highest BCUT2D eigenvalue weighted by atomic mass is 16.1. The number of hydrogen-bond acceptors (Lipinski definition) is 5. The van der Waals surface area contributed by atoms with E-state index in [-0.39, 0.29) is 18.0 Å². The molecule has 0 unspecified atom stereocenters. The molecular weight excluding hydrogens is 340 g/mol. The van der Waals surface area contributed by atoms with Gasteiger partial charge in [0, 0.05) is 44.2 Å². The Morgan fingerprint density at radius 2 is 2.19 bits per heavy atom. The van der Waals surface area contributed by atoms with E-state index in [0.717, 1.165) is 22.5 Å². The van der Waals surface area contributed by atoms with Gasteiger partial charge in [0.05, 0.1) is 11.3 Å². The van der Waals surface area contributed by atoms with Gasteiger partial charge in [0.25, 0.3) is 0 Å². The van der Waals surface area contributed by atoms with Crippen LogP contribution in [0.5, 0.6) is 0 Å². The first-order chi connectivity index (χ1) is 13.2. The summed E-state index contributed by atoms with van der Waals surface area (Å²) >= 11 is 0. The molecule has 1 N–H and O–H groups in total. The maximum atomic E-state index is 12.6. The lowest BCUT2D eigenvalue weighted by Crippen LogP contribution is -2.20. The highest BCUT2D eigenvalue weighted by Crippen LogP contribution is 2.28. The van der Waals surface area contributed by atoms with E-state index in [1.807, 2.05) is 48.1 Å². The van der Waals surface area contributed by atoms with Crippen LogP contribution < -0.4 is 5.32 Å². The van der Waals surface area contributed by atoms with E-state index in [1.165, 1.54) is 0 Å². The highest BCUT2D eigenvalue weighted by molar-refractivity contribution is 6.25. The van der Waals surface area contributed by atoms with Gasteiger partial charge in [-0.1, -0.05) is 12.1 Å². The molecule has 0 bridgehead atoms. The van der Waals surface area contributed by atoms with Crippen LogP contribution in [0, 0.1) is 0 Å². The minimum Gasteiger partial charge on any atom is -0.388 e. The Balaban J connectivity index is 1.44. The molecule has 0 spiro atoms. The van der Waals surface area contributed by atoms with Crippen molar-refractivity contribution in [3.63, 3.8) is 0 Å². The number of rotatable bonds is 6. The van der Waals surface area contributed by atoms with E-state index >= 15 is 0 Å². The van der Waals surface area contributed by atoms with E-state index in [2.05, 4.69) is 15.3 Å². The van der Waals surface area contributed by atoms with E-state index in [1.54, 1.807) is 12.3 Å². The number of nitrogens with zero attached hydrogens (tertiary/aromatic N) is 3. The topological polar surface area (TPSA) is 76.4 Å². The standard InChI is InChI=1S/C21H20N4O2/c1-22-18-7-2-5-14-11-17(20(27)12-16(14)18)19(26)8-3-6-15-13-25-10-4-9-23-21(25)24-15/h2,4-5,7,9-11,13,22H,3,6,8,12H2,1H3. The lowest BCUT2D eigenvalue weighted by Gasteiger charge is -2.18. The lowest BCUT2D eigenvalue weighted by molar-refractivity contribution is -0.121. The third-order valence-corrected chi connectivity index (χ3v) is 4.84. The summed E-state index contributed by atoms with van der Waals surface area (Å²) in [6.07, 6.45) is 9.18. The number of nitrogens with one attached hydrogen (secondary N) is 1. The first kappa shape index (κ1) is 17.1. The minimum absolute atomic E-state index is 0.0950. The third-order valence-electron chi connectivity index (χ3n) is 4.84. The molecule has 0 amide bonds. The third kappa shape index (κ3) is 3.38. The molecule has 1 aliphatic rings. The van der Waals surface area contributed by atoms with Gasteiger partial charge in [-0.25, -0.2) is 9.97 Å². The van der Waals surface area contributed by atoms with E-state index in [9.17, 15) is 9.59 Å². The number of carbonyl (C=O) groups excluding carboxylic acids is 2. The minimum atomic E-state index is -0.105. The zero-order valence-corrected chi connectivity index (χ0v) is 15.1. The molecule has 6 nitrogen and oxygen atoms in total. The van der Waals surface area contributed by atoms with Gasteiger partial charge < -0.3 is 5.32 Å². The van der Waals surface area contributed by atoms with Gasteiger partial charge in [0.1, 0.15) is 0 Å². The molecule has 0 saturated heterocycles. The summed E-state index contributed by atoms with van der Waals surface area (Å²) in [6.45, 7) is 0. The zero-order chi connectivity index (χ0) is 18.8. The van der Waals surface area contributed by atoms with Crippen LogP contribution in [0.4, 0.5) is 5.69 Å². The molecule has 2 heterocycles. The number of aromatic nitrogens is 3. The molecular formula is C21H20N4O2. The van der Waals surface area contributed by atoms with Crippen molar-refractivity contribution in [3.05, 3.63) is 65.2 Å². The van der Waals surface area contributed by atoms with Crippen LogP contribution in [0.15, 0.2) is 48.4 Å². The molecule has 3 aromatic rings. The number of allylic oxidation sites excluding steroid dienone is 1. The van der Waals surface area contributed by atoms with Gasteiger partial charge in [-0.05, 0) is 42.2 Å². The average molecular weight is 360 g/mol. The van der Waals surface area contributed by atoms with Crippen molar-refractivity contribution in [2.24, 2.45) is 0 Å². The zero-order valence-electron chi connectivity index (χ0n) is 15.1. The van der Waals surface area contributed by atoms with Gasteiger partial charge in [-0.15, -0.1) is 0 Å². The Hall–Kier alpha value is -3.28. The number of anilines is 1. The van der Waals surface area contributed by atoms with Crippen molar-refractivity contribution in [2.75, 3.05) is 12.4 Å². The summed E-state index contributed by atoms with van der Waals surface area (Å²) in [5.74, 6) is 0.454.